The molecule has 0 bridgehead atoms. The van der Waals surface area contributed by atoms with Crippen LogP contribution in [0.5, 0.6) is 0 Å². The summed E-state index contributed by atoms with van der Waals surface area (Å²) in [5, 5.41) is 7.07. The van der Waals surface area contributed by atoms with Crippen molar-refractivity contribution in [3.8, 4) is 0 Å². The first-order valence-electron chi connectivity index (χ1n) is 2.52. The largest absolute Gasteiger partial charge is 0.394 e. The number of rotatable bonds is 0. The Hall–Kier alpha value is -1.32. The highest BCUT2D eigenvalue weighted by molar-refractivity contribution is 5.28. The Morgan fingerprint density at radius 3 is 2.89 bits per heavy atom. The van der Waals surface area contributed by atoms with Crippen molar-refractivity contribution in [1.82, 2.24) is 9.55 Å². The molecule has 1 rings (SSSR count). The van der Waals surface area contributed by atoms with Crippen molar-refractivity contribution >= 4 is 5.69 Å². The van der Waals surface area contributed by atoms with Crippen molar-refractivity contribution < 1.29 is 0 Å². The van der Waals surface area contributed by atoms with E-state index in [1.54, 1.807) is 17.1 Å². The summed E-state index contributed by atoms with van der Waals surface area (Å²) >= 11 is 0. The average molecular weight is 124 g/mol. The number of hydrogen-bond acceptors (Lipinski definition) is 3. The molecule has 1 heterocycles. The Bertz CT molecular complexity index is 262. The molecular formula is C5H8N4. The van der Waals surface area contributed by atoms with Crippen molar-refractivity contribution in [2.75, 3.05) is 5.73 Å². The van der Waals surface area contributed by atoms with Crippen LogP contribution in [0.3, 0.4) is 0 Å². The Morgan fingerprint density at radius 1 is 1.78 bits per heavy atom. The minimum absolute atomic E-state index is 0.133. The van der Waals surface area contributed by atoms with Gasteiger partial charge in [0.05, 0.1) is 12.0 Å². The van der Waals surface area contributed by atoms with Gasteiger partial charge in [-0.05, 0) is 0 Å². The van der Waals surface area contributed by atoms with Crippen LogP contribution in [-0.4, -0.2) is 9.55 Å². The number of nitrogens with zero attached hydrogens (tertiary/aromatic N) is 2. The Balaban J connectivity index is 3.34. The Kier molecular flexibility index (Phi) is 1.22. The van der Waals surface area contributed by atoms with Gasteiger partial charge in [-0.1, -0.05) is 0 Å². The third-order valence-corrected chi connectivity index (χ3v) is 0.985. The highest BCUT2D eigenvalue weighted by atomic mass is 15.0. The van der Waals surface area contributed by atoms with Crippen LogP contribution < -0.4 is 11.2 Å². The molecule has 4 nitrogen and oxygen atoms in total. The highest BCUT2D eigenvalue weighted by Crippen LogP contribution is 1.84. The standard InChI is InChI=1S/C5H8N4/c1-9-2-4(6)5(7)8-3-9/h2-3,7H,6H2,1H3. The van der Waals surface area contributed by atoms with Gasteiger partial charge in [-0.3, -0.25) is 5.41 Å². The molecule has 0 fully saturated rings. The number of nitrogens with one attached hydrogen (secondary N) is 1. The van der Waals surface area contributed by atoms with E-state index in [4.69, 9.17) is 11.1 Å². The number of nitrogens with two attached hydrogens (primary N) is 1. The predicted octanol–water partition coefficient (Wildman–Crippen LogP) is -0.518. The quantitative estimate of drug-likeness (QED) is 0.488. The maximum absolute atomic E-state index is 7.07. The van der Waals surface area contributed by atoms with E-state index < -0.39 is 0 Å². The van der Waals surface area contributed by atoms with E-state index in [1.807, 2.05) is 7.05 Å². The molecule has 0 aliphatic heterocycles. The number of nitrogen functional groups attached to an aromatic ring is 1. The van der Waals surface area contributed by atoms with Gasteiger partial charge in [-0.25, -0.2) is 4.98 Å². The number of anilines is 1. The molecule has 0 unspecified atom stereocenters. The van der Waals surface area contributed by atoms with Crippen LogP contribution in [0, 0.1) is 5.41 Å². The fourth-order valence-corrected chi connectivity index (χ4v) is 0.537. The lowest BCUT2D eigenvalue weighted by molar-refractivity contribution is 0.844. The van der Waals surface area contributed by atoms with Gasteiger partial charge >= 0.3 is 0 Å². The van der Waals surface area contributed by atoms with Crippen molar-refractivity contribution in [1.29, 1.82) is 5.41 Å². The molecule has 0 aliphatic rings. The fraction of sp³-hybridized carbons (Fsp3) is 0.200. The first kappa shape index (κ1) is 5.81. The summed E-state index contributed by atoms with van der Waals surface area (Å²) in [7, 11) is 1.81. The molecule has 1 aromatic rings. The van der Waals surface area contributed by atoms with Crippen LogP contribution in [0.25, 0.3) is 0 Å². The highest BCUT2D eigenvalue weighted by Gasteiger charge is 1.86. The minimum Gasteiger partial charge on any atom is -0.394 e. The summed E-state index contributed by atoms with van der Waals surface area (Å²) < 4.78 is 1.70. The minimum atomic E-state index is 0.133. The normalized spacial score (nSPS) is 9.44. The molecule has 48 valence electrons. The topological polar surface area (TPSA) is 67.7 Å². The van der Waals surface area contributed by atoms with Gasteiger partial charge in [-0.2, -0.15) is 0 Å². The zero-order chi connectivity index (χ0) is 6.85. The van der Waals surface area contributed by atoms with E-state index in [0.29, 0.717) is 5.69 Å². The molecule has 9 heavy (non-hydrogen) atoms. The SMILES string of the molecule is Cn1cnc(=N)c(N)c1. The molecule has 0 radical (unpaired) electrons. The van der Waals surface area contributed by atoms with Gasteiger partial charge in [0.15, 0.2) is 5.49 Å². The zero-order valence-corrected chi connectivity index (χ0v) is 5.13. The van der Waals surface area contributed by atoms with Crippen LogP contribution in [0.4, 0.5) is 5.69 Å². The molecule has 3 N–H and O–H groups in total. The lowest BCUT2D eigenvalue weighted by atomic mass is 10.5. The van der Waals surface area contributed by atoms with Crippen LogP contribution in [0.2, 0.25) is 0 Å². The summed E-state index contributed by atoms with van der Waals surface area (Å²) in [4.78, 5) is 3.68. The van der Waals surface area contributed by atoms with Crippen LogP contribution >= 0.6 is 0 Å². The molecule has 0 amide bonds. The van der Waals surface area contributed by atoms with Crippen molar-refractivity contribution in [2.45, 2.75) is 0 Å². The van der Waals surface area contributed by atoms with Gasteiger partial charge in [0, 0.05) is 13.2 Å². The van der Waals surface area contributed by atoms with E-state index >= 15 is 0 Å². The lowest BCUT2D eigenvalue weighted by Gasteiger charge is -1.95. The molecule has 0 saturated carbocycles. The van der Waals surface area contributed by atoms with Gasteiger partial charge in [0.25, 0.3) is 0 Å². The Morgan fingerprint density at radius 2 is 2.44 bits per heavy atom. The summed E-state index contributed by atoms with van der Waals surface area (Å²) in [6, 6.07) is 0. The Labute approximate surface area is 52.5 Å². The third-order valence-electron chi connectivity index (χ3n) is 0.985. The second kappa shape index (κ2) is 1.89. The predicted molar refractivity (Wildman–Crippen MR) is 33.5 cm³/mol. The molecule has 0 aliphatic carbocycles. The summed E-state index contributed by atoms with van der Waals surface area (Å²) in [5.74, 6) is 0. The number of aromatic nitrogens is 2. The second-order valence-electron chi connectivity index (χ2n) is 1.84. The maximum Gasteiger partial charge on any atom is 0.170 e. The fourth-order valence-electron chi connectivity index (χ4n) is 0.537. The number of aryl methyl sites for hydroxylation is 1. The third kappa shape index (κ3) is 1.07. The van der Waals surface area contributed by atoms with E-state index in [0.717, 1.165) is 0 Å². The van der Waals surface area contributed by atoms with Gasteiger partial charge in [0.1, 0.15) is 0 Å². The summed E-state index contributed by atoms with van der Waals surface area (Å²) in [5.41, 5.74) is 5.89. The maximum atomic E-state index is 7.07. The summed E-state index contributed by atoms with van der Waals surface area (Å²) in [6.45, 7) is 0. The molecular weight excluding hydrogens is 116 g/mol. The van der Waals surface area contributed by atoms with E-state index in [-0.39, 0.29) is 5.49 Å². The molecule has 0 spiro atoms. The first-order chi connectivity index (χ1) is 4.20. The van der Waals surface area contributed by atoms with Crippen molar-refractivity contribution in [2.24, 2.45) is 7.05 Å². The summed E-state index contributed by atoms with van der Waals surface area (Å²) in [6.07, 6.45) is 3.19. The van der Waals surface area contributed by atoms with Crippen LogP contribution in [0.1, 0.15) is 0 Å². The second-order valence-corrected chi connectivity index (χ2v) is 1.84. The van der Waals surface area contributed by atoms with Gasteiger partial charge in [0.2, 0.25) is 0 Å². The molecule has 0 atom stereocenters. The van der Waals surface area contributed by atoms with Crippen molar-refractivity contribution in [3.63, 3.8) is 0 Å². The monoisotopic (exact) mass is 124 g/mol. The lowest BCUT2D eigenvalue weighted by Crippen LogP contribution is -2.13. The van der Waals surface area contributed by atoms with Crippen LogP contribution in [-0.2, 0) is 7.05 Å². The molecule has 1 aromatic heterocycles. The van der Waals surface area contributed by atoms with E-state index in [9.17, 15) is 0 Å². The zero-order valence-electron chi connectivity index (χ0n) is 5.13. The molecule has 0 saturated heterocycles. The molecule has 4 heteroatoms. The smallest absolute Gasteiger partial charge is 0.170 e. The number of hydrogen-bond donors (Lipinski definition) is 2. The van der Waals surface area contributed by atoms with E-state index in [1.165, 1.54) is 0 Å². The average Bonchev–Trinajstić information content (AvgIpc) is 1.80. The van der Waals surface area contributed by atoms with Crippen molar-refractivity contribution in [3.05, 3.63) is 18.0 Å². The first-order valence-corrected chi connectivity index (χ1v) is 2.52. The van der Waals surface area contributed by atoms with Crippen LogP contribution in [0.15, 0.2) is 12.5 Å². The van der Waals surface area contributed by atoms with E-state index in [2.05, 4.69) is 4.98 Å². The van der Waals surface area contributed by atoms with Gasteiger partial charge in [-0.15, -0.1) is 0 Å². The van der Waals surface area contributed by atoms with Gasteiger partial charge < -0.3 is 10.3 Å². The molecule has 0 aromatic carbocycles.